The van der Waals surface area contributed by atoms with E-state index in [-0.39, 0.29) is 0 Å². The third kappa shape index (κ3) is 5.96. The van der Waals surface area contributed by atoms with Crippen LogP contribution in [-0.4, -0.2) is 64.9 Å². The van der Waals surface area contributed by atoms with Crippen molar-refractivity contribution in [2.75, 3.05) is 54.0 Å². The summed E-state index contributed by atoms with van der Waals surface area (Å²) in [5.74, 6) is 1.74. The van der Waals surface area contributed by atoms with E-state index in [9.17, 15) is 0 Å². The number of nitrogens with zero attached hydrogens (tertiary/aromatic N) is 2. The Labute approximate surface area is 142 Å². The van der Waals surface area contributed by atoms with Crippen molar-refractivity contribution in [3.63, 3.8) is 0 Å². The molecular formula is C18H36N4O. The molecule has 1 aliphatic heterocycles. The van der Waals surface area contributed by atoms with Gasteiger partial charge in [0.15, 0.2) is 5.96 Å². The molecule has 2 N–H and O–H groups in total. The Morgan fingerprint density at radius 1 is 1.22 bits per heavy atom. The molecule has 134 valence electrons. The smallest absolute Gasteiger partial charge is 0.191 e. The van der Waals surface area contributed by atoms with E-state index in [0.29, 0.717) is 5.41 Å². The number of rotatable bonds is 7. The topological polar surface area (TPSA) is 48.9 Å². The Kier molecular flexibility index (Phi) is 7.63. The van der Waals surface area contributed by atoms with E-state index in [2.05, 4.69) is 27.6 Å². The van der Waals surface area contributed by atoms with E-state index >= 15 is 0 Å². The lowest BCUT2D eigenvalue weighted by Crippen LogP contribution is -2.45. The average molecular weight is 325 g/mol. The van der Waals surface area contributed by atoms with Gasteiger partial charge < -0.3 is 20.3 Å². The predicted octanol–water partition coefficient (Wildman–Crippen LogP) is 2.09. The molecule has 5 heteroatoms. The lowest BCUT2D eigenvalue weighted by Gasteiger charge is -2.31. The van der Waals surface area contributed by atoms with Gasteiger partial charge in [0, 0.05) is 33.9 Å². The molecule has 5 nitrogen and oxygen atoms in total. The molecule has 2 aliphatic rings. The third-order valence-corrected chi connectivity index (χ3v) is 5.75. The zero-order valence-corrected chi connectivity index (χ0v) is 15.4. The first-order valence-electron chi connectivity index (χ1n) is 9.29. The lowest BCUT2D eigenvalue weighted by atomic mass is 9.83. The van der Waals surface area contributed by atoms with E-state index in [1.807, 2.05) is 7.05 Å². The van der Waals surface area contributed by atoms with Gasteiger partial charge in [-0.15, -0.1) is 0 Å². The predicted molar refractivity (Wildman–Crippen MR) is 97.0 cm³/mol. The highest BCUT2D eigenvalue weighted by molar-refractivity contribution is 5.79. The van der Waals surface area contributed by atoms with Gasteiger partial charge in [-0.25, -0.2) is 0 Å². The van der Waals surface area contributed by atoms with Crippen LogP contribution in [0.15, 0.2) is 4.99 Å². The van der Waals surface area contributed by atoms with Crippen LogP contribution >= 0.6 is 0 Å². The average Bonchev–Trinajstić information content (AvgIpc) is 3.04. The molecule has 2 rings (SSSR count). The maximum Gasteiger partial charge on any atom is 0.191 e. The van der Waals surface area contributed by atoms with Crippen LogP contribution in [0.4, 0.5) is 0 Å². The van der Waals surface area contributed by atoms with Crippen LogP contribution in [0.1, 0.15) is 44.9 Å². The molecule has 0 aromatic rings. The van der Waals surface area contributed by atoms with Crippen molar-refractivity contribution in [2.24, 2.45) is 16.3 Å². The van der Waals surface area contributed by atoms with Crippen molar-refractivity contribution in [1.29, 1.82) is 0 Å². The van der Waals surface area contributed by atoms with Crippen molar-refractivity contribution in [3.8, 4) is 0 Å². The summed E-state index contributed by atoms with van der Waals surface area (Å²) in [4.78, 5) is 6.83. The van der Waals surface area contributed by atoms with Gasteiger partial charge in [-0.1, -0.05) is 12.8 Å². The second kappa shape index (κ2) is 9.48. The fraction of sp³-hybridized carbons (Fsp3) is 0.944. The monoisotopic (exact) mass is 324 g/mol. The van der Waals surface area contributed by atoms with Gasteiger partial charge in [-0.05, 0) is 63.6 Å². The van der Waals surface area contributed by atoms with Gasteiger partial charge in [0.25, 0.3) is 0 Å². The quantitative estimate of drug-likeness (QED) is 0.556. The maximum absolute atomic E-state index is 5.32. The van der Waals surface area contributed by atoms with Gasteiger partial charge in [0.1, 0.15) is 0 Å². The van der Waals surface area contributed by atoms with Crippen molar-refractivity contribution in [3.05, 3.63) is 0 Å². The van der Waals surface area contributed by atoms with Crippen molar-refractivity contribution in [1.82, 2.24) is 15.5 Å². The number of ether oxygens (including phenoxy) is 1. The fourth-order valence-corrected chi connectivity index (χ4v) is 3.96. The third-order valence-electron chi connectivity index (χ3n) is 5.75. The van der Waals surface area contributed by atoms with Crippen LogP contribution < -0.4 is 10.6 Å². The van der Waals surface area contributed by atoms with E-state index < -0.39 is 0 Å². The second-order valence-electron chi connectivity index (χ2n) is 7.50. The number of guanidine groups is 1. The number of likely N-dealkylation sites (tertiary alicyclic amines) is 1. The molecule has 0 spiro atoms. The van der Waals surface area contributed by atoms with Gasteiger partial charge in [0.2, 0.25) is 0 Å². The summed E-state index contributed by atoms with van der Waals surface area (Å²) in [5.41, 5.74) is 0.404. The van der Waals surface area contributed by atoms with Crippen LogP contribution in [0.3, 0.4) is 0 Å². The molecule has 1 saturated carbocycles. The van der Waals surface area contributed by atoms with Crippen LogP contribution in [0.5, 0.6) is 0 Å². The first-order chi connectivity index (χ1) is 11.2. The summed E-state index contributed by atoms with van der Waals surface area (Å²) in [5, 5.41) is 7.12. The van der Waals surface area contributed by atoms with E-state index in [1.54, 1.807) is 7.11 Å². The van der Waals surface area contributed by atoms with Crippen LogP contribution in [-0.2, 0) is 4.74 Å². The molecule has 0 aromatic heterocycles. The van der Waals surface area contributed by atoms with Crippen molar-refractivity contribution < 1.29 is 4.74 Å². The maximum atomic E-state index is 5.32. The van der Waals surface area contributed by atoms with Gasteiger partial charge in [-0.2, -0.15) is 0 Å². The highest BCUT2D eigenvalue weighted by atomic mass is 16.5. The summed E-state index contributed by atoms with van der Waals surface area (Å²) in [6.07, 6.45) is 9.07. The standard InChI is InChI=1S/C18H36N4O/c1-19-17(20-14-16-6-11-22(2)12-7-16)21-15-18(10-13-23-3)8-4-5-9-18/h16H,4-15H2,1-3H3,(H2,19,20,21). The zero-order chi connectivity index (χ0) is 16.5. The molecule has 0 unspecified atom stereocenters. The normalized spacial score (nSPS) is 23.2. The molecule has 1 saturated heterocycles. The summed E-state index contributed by atoms with van der Waals surface area (Å²) in [6.45, 7) is 5.36. The first-order valence-corrected chi connectivity index (χ1v) is 9.29. The van der Waals surface area contributed by atoms with Crippen molar-refractivity contribution >= 4 is 5.96 Å². The molecule has 0 aromatic carbocycles. The van der Waals surface area contributed by atoms with E-state index in [4.69, 9.17) is 4.74 Å². The minimum atomic E-state index is 0.404. The van der Waals surface area contributed by atoms with Crippen LogP contribution in [0.2, 0.25) is 0 Å². The largest absolute Gasteiger partial charge is 0.385 e. The molecule has 0 amide bonds. The molecule has 23 heavy (non-hydrogen) atoms. The number of hydrogen-bond acceptors (Lipinski definition) is 3. The highest BCUT2D eigenvalue weighted by Gasteiger charge is 2.33. The highest BCUT2D eigenvalue weighted by Crippen LogP contribution is 2.40. The van der Waals surface area contributed by atoms with E-state index in [0.717, 1.165) is 38.0 Å². The van der Waals surface area contributed by atoms with Gasteiger partial charge in [0.05, 0.1) is 0 Å². The molecule has 0 atom stereocenters. The van der Waals surface area contributed by atoms with E-state index in [1.165, 1.54) is 51.6 Å². The first kappa shape index (κ1) is 18.5. The Hall–Kier alpha value is -0.810. The molecule has 0 radical (unpaired) electrons. The Balaban J connectivity index is 1.73. The summed E-state index contributed by atoms with van der Waals surface area (Å²) in [7, 11) is 5.89. The molecular weight excluding hydrogens is 288 g/mol. The number of piperidine rings is 1. The van der Waals surface area contributed by atoms with Crippen LogP contribution in [0.25, 0.3) is 0 Å². The Morgan fingerprint density at radius 2 is 1.91 bits per heavy atom. The minimum Gasteiger partial charge on any atom is -0.385 e. The zero-order valence-electron chi connectivity index (χ0n) is 15.4. The SMILES string of the molecule is CN=C(NCC1CCN(C)CC1)NCC1(CCOC)CCCC1. The number of hydrogen-bond donors (Lipinski definition) is 2. The fourth-order valence-electron chi connectivity index (χ4n) is 3.96. The molecule has 2 fully saturated rings. The van der Waals surface area contributed by atoms with Gasteiger partial charge >= 0.3 is 0 Å². The van der Waals surface area contributed by atoms with Crippen LogP contribution in [0, 0.1) is 11.3 Å². The Morgan fingerprint density at radius 3 is 2.52 bits per heavy atom. The second-order valence-corrected chi connectivity index (χ2v) is 7.50. The number of aliphatic imine (C=N–C) groups is 1. The molecule has 0 bridgehead atoms. The number of methoxy groups -OCH3 is 1. The number of nitrogens with one attached hydrogen (secondary N) is 2. The van der Waals surface area contributed by atoms with Crippen molar-refractivity contribution in [2.45, 2.75) is 44.9 Å². The lowest BCUT2D eigenvalue weighted by molar-refractivity contribution is 0.138. The summed E-state index contributed by atoms with van der Waals surface area (Å²) in [6, 6.07) is 0. The summed E-state index contributed by atoms with van der Waals surface area (Å²) < 4.78 is 5.32. The minimum absolute atomic E-state index is 0.404. The molecule has 1 heterocycles. The Bertz CT molecular complexity index is 358. The van der Waals surface area contributed by atoms with Gasteiger partial charge in [-0.3, -0.25) is 4.99 Å². The molecule has 1 aliphatic carbocycles. The summed E-state index contributed by atoms with van der Waals surface area (Å²) >= 11 is 0.